The summed E-state index contributed by atoms with van der Waals surface area (Å²) in [4.78, 5) is 46.5. The fourth-order valence-corrected chi connectivity index (χ4v) is 5.56. The molecular formula is C27H37N5O4S. The van der Waals surface area contributed by atoms with Crippen molar-refractivity contribution >= 4 is 29.1 Å². The molecule has 4 rings (SSSR count). The molecule has 4 atom stereocenters. The van der Waals surface area contributed by atoms with Crippen molar-refractivity contribution in [1.82, 2.24) is 25.8 Å². The Morgan fingerprint density at radius 3 is 2.35 bits per heavy atom. The van der Waals surface area contributed by atoms with Gasteiger partial charge in [0.05, 0.1) is 34.1 Å². The van der Waals surface area contributed by atoms with Gasteiger partial charge in [-0.25, -0.2) is 4.98 Å². The number of thiazole rings is 1. The molecular weight excluding hydrogens is 490 g/mol. The van der Waals surface area contributed by atoms with Crippen LogP contribution in [-0.2, 0) is 14.4 Å². The Hall–Kier alpha value is -2.82. The third-order valence-corrected chi connectivity index (χ3v) is 8.17. The maximum Gasteiger partial charge on any atom is 0.246 e. The average Bonchev–Trinajstić information content (AvgIpc) is 3.40. The number of rotatable bonds is 7. The van der Waals surface area contributed by atoms with Crippen LogP contribution in [0.15, 0.2) is 29.8 Å². The summed E-state index contributed by atoms with van der Waals surface area (Å²) >= 11 is 1.59. The zero-order valence-electron chi connectivity index (χ0n) is 22.1. The van der Waals surface area contributed by atoms with Crippen molar-refractivity contribution in [3.05, 3.63) is 41.0 Å². The van der Waals surface area contributed by atoms with E-state index in [1.165, 1.54) is 4.90 Å². The molecule has 3 amide bonds. The summed E-state index contributed by atoms with van der Waals surface area (Å²) in [6.45, 7) is 10.8. The first-order chi connectivity index (χ1) is 17.5. The van der Waals surface area contributed by atoms with Gasteiger partial charge in [-0.2, -0.15) is 0 Å². The van der Waals surface area contributed by atoms with Crippen molar-refractivity contribution < 1.29 is 19.5 Å². The number of aliphatic hydroxyl groups excluding tert-OH is 1. The number of aryl methyl sites for hydroxylation is 1. The van der Waals surface area contributed by atoms with Gasteiger partial charge < -0.3 is 26.0 Å². The average molecular weight is 528 g/mol. The fraction of sp³-hybridized carbons (Fsp3) is 0.556. The number of hydrogen-bond acceptors (Lipinski definition) is 7. The van der Waals surface area contributed by atoms with E-state index in [4.69, 9.17) is 0 Å². The van der Waals surface area contributed by atoms with Gasteiger partial charge >= 0.3 is 0 Å². The largest absolute Gasteiger partial charge is 0.391 e. The minimum atomic E-state index is -0.809. The van der Waals surface area contributed by atoms with Crippen molar-refractivity contribution in [2.45, 2.75) is 65.3 Å². The maximum absolute atomic E-state index is 13.7. The van der Waals surface area contributed by atoms with E-state index in [-0.39, 0.29) is 42.6 Å². The maximum atomic E-state index is 13.7. The number of benzene rings is 1. The van der Waals surface area contributed by atoms with Gasteiger partial charge in [-0.05, 0) is 30.4 Å². The Morgan fingerprint density at radius 1 is 1.14 bits per heavy atom. The molecule has 200 valence electrons. The standard InChI is InChI=1S/C27H37N5O4S/c1-15(17-6-8-18(9-7-17)22-16(2)29-14-37-22)30-25(35)21-10-20(33)13-32(21)26(36)23(27(3,4)5)31-24(34)19-11-28-12-19/h6-9,14-15,19-21,23,28,33H,10-13H2,1-5H3,(H,30,35)(H,31,34)/t15-,20+,21-,23+/m0/s1. The summed E-state index contributed by atoms with van der Waals surface area (Å²) in [6.07, 6.45) is -0.644. The van der Waals surface area contributed by atoms with Gasteiger partial charge in [0.1, 0.15) is 12.1 Å². The van der Waals surface area contributed by atoms with Crippen molar-refractivity contribution in [2.24, 2.45) is 11.3 Å². The normalized spacial score (nSPS) is 21.7. The number of nitrogens with zero attached hydrogens (tertiary/aromatic N) is 2. The van der Waals surface area contributed by atoms with Crippen molar-refractivity contribution in [3.8, 4) is 10.4 Å². The van der Waals surface area contributed by atoms with Gasteiger partial charge in [-0.3, -0.25) is 14.4 Å². The topological polar surface area (TPSA) is 124 Å². The van der Waals surface area contributed by atoms with Crippen molar-refractivity contribution in [3.63, 3.8) is 0 Å². The van der Waals surface area contributed by atoms with Gasteiger partial charge in [0.15, 0.2) is 0 Å². The van der Waals surface area contributed by atoms with Crippen LogP contribution in [0.2, 0.25) is 0 Å². The minimum Gasteiger partial charge on any atom is -0.391 e. The van der Waals surface area contributed by atoms with E-state index in [0.29, 0.717) is 13.1 Å². The van der Waals surface area contributed by atoms with E-state index in [1.807, 2.05) is 64.4 Å². The van der Waals surface area contributed by atoms with Gasteiger partial charge in [0.25, 0.3) is 0 Å². The number of carbonyl (C=O) groups excluding carboxylic acids is 3. The van der Waals surface area contributed by atoms with Crippen molar-refractivity contribution in [1.29, 1.82) is 0 Å². The van der Waals surface area contributed by atoms with Crippen LogP contribution < -0.4 is 16.0 Å². The predicted molar refractivity (Wildman–Crippen MR) is 143 cm³/mol. The summed E-state index contributed by atoms with van der Waals surface area (Å²) < 4.78 is 0. The number of nitrogens with one attached hydrogen (secondary N) is 3. The summed E-state index contributed by atoms with van der Waals surface area (Å²) in [5.41, 5.74) is 4.25. The number of aliphatic hydroxyl groups is 1. The van der Waals surface area contributed by atoms with E-state index in [9.17, 15) is 19.5 Å². The van der Waals surface area contributed by atoms with Crippen LogP contribution in [-0.4, -0.2) is 70.5 Å². The van der Waals surface area contributed by atoms with E-state index < -0.39 is 23.6 Å². The third kappa shape index (κ3) is 6.02. The van der Waals surface area contributed by atoms with Crippen LogP contribution in [0, 0.1) is 18.3 Å². The number of likely N-dealkylation sites (tertiary alicyclic amines) is 1. The van der Waals surface area contributed by atoms with E-state index in [2.05, 4.69) is 20.9 Å². The first kappa shape index (κ1) is 27.2. The molecule has 2 aliphatic heterocycles. The Bertz CT molecular complexity index is 1140. The molecule has 9 nitrogen and oxygen atoms in total. The quantitative estimate of drug-likeness (QED) is 0.437. The smallest absolute Gasteiger partial charge is 0.246 e. The third-order valence-electron chi connectivity index (χ3n) is 7.19. The Labute approximate surface area is 222 Å². The number of amides is 3. The zero-order valence-corrected chi connectivity index (χ0v) is 22.9. The molecule has 4 N–H and O–H groups in total. The minimum absolute atomic E-state index is 0.0572. The lowest BCUT2D eigenvalue weighted by atomic mass is 9.85. The molecule has 0 radical (unpaired) electrons. The summed E-state index contributed by atoms with van der Waals surface area (Å²) in [5.74, 6) is -0.991. The Balaban J connectivity index is 1.45. The van der Waals surface area contributed by atoms with Crippen LogP contribution in [0.1, 0.15) is 51.4 Å². The fourth-order valence-electron chi connectivity index (χ4n) is 4.75. The van der Waals surface area contributed by atoms with Crippen molar-refractivity contribution in [2.75, 3.05) is 19.6 Å². The second-order valence-corrected chi connectivity index (χ2v) is 12.0. The van der Waals surface area contributed by atoms with E-state index in [0.717, 1.165) is 21.7 Å². The molecule has 0 spiro atoms. The van der Waals surface area contributed by atoms with Crippen LogP contribution >= 0.6 is 11.3 Å². The number of β-amino-alcohol motifs (C(OH)–C–C–N with tert-alkyl or cyclic N) is 1. The number of hydrogen-bond donors (Lipinski definition) is 4. The van der Waals surface area contributed by atoms with Crippen LogP contribution in [0.5, 0.6) is 0 Å². The van der Waals surface area contributed by atoms with Gasteiger partial charge in [-0.15, -0.1) is 11.3 Å². The molecule has 0 aliphatic carbocycles. The summed E-state index contributed by atoms with van der Waals surface area (Å²) in [5, 5.41) is 19.4. The monoisotopic (exact) mass is 527 g/mol. The first-order valence-electron chi connectivity index (χ1n) is 12.8. The lowest BCUT2D eigenvalue weighted by molar-refractivity contribution is -0.145. The molecule has 0 unspecified atom stereocenters. The molecule has 10 heteroatoms. The highest BCUT2D eigenvalue weighted by atomic mass is 32.1. The summed E-state index contributed by atoms with van der Waals surface area (Å²) in [6, 6.07) is 6.09. The second-order valence-electron chi connectivity index (χ2n) is 11.2. The van der Waals surface area contributed by atoms with Crippen LogP contribution in [0.3, 0.4) is 0 Å². The van der Waals surface area contributed by atoms with Gasteiger partial charge in [0.2, 0.25) is 17.7 Å². The van der Waals surface area contributed by atoms with E-state index in [1.54, 1.807) is 11.3 Å². The van der Waals surface area contributed by atoms with Crippen LogP contribution in [0.4, 0.5) is 0 Å². The molecule has 2 aliphatic rings. The predicted octanol–water partition coefficient (Wildman–Crippen LogP) is 2.01. The highest BCUT2D eigenvalue weighted by Gasteiger charge is 2.45. The second kappa shape index (κ2) is 10.9. The number of carbonyl (C=O) groups is 3. The molecule has 2 aromatic rings. The Morgan fingerprint density at radius 2 is 1.81 bits per heavy atom. The Kier molecular flexibility index (Phi) is 8.01. The molecule has 0 saturated carbocycles. The molecule has 1 aromatic heterocycles. The lowest BCUT2D eigenvalue weighted by Gasteiger charge is -2.37. The number of aromatic nitrogens is 1. The van der Waals surface area contributed by atoms with Gasteiger partial charge in [-0.1, -0.05) is 45.0 Å². The molecule has 3 heterocycles. The molecule has 1 aromatic carbocycles. The van der Waals surface area contributed by atoms with Crippen LogP contribution in [0.25, 0.3) is 10.4 Å². The highest BCUT2D eigenvalue weighted by molar-refractivity contribution is 7.13. The molecule has 37 heavy (non-hydrogen) atoms. The van der Waals surface area contributed by atoms with E-state index >= 15 is 0 Å². The first-order valence-corrected chi connectivity index (χ1v) is 13.6. The summed E-state index contributed by atoms with van der Waals surface area (Å²) in [7, 11) is 0. The SMILES string of the molecule is Cc1ncsc1-c1ccc([C@H](C)NC(=O)[C@@H]2C[C@@H](O)CN2C(=O)[C@@H](NC(=O)C2CNC2)C(C)(C)C)cc1. The zero-order chi connectivity index (χ0) is 26.9. The lowest BCUT2D eigenvalue weighted by Crippen LogP contribution is -2.61. The molecule has 2 fully saturated rings. The van der Waals surface area contributed by atoms with Gasteiger partial charge in [0, 0.05) is 26.1 Å². The molecule has 2 saturated heterocycles. The molecule has 0 bridgehead atoms. The highest BCUT2D eigenvalue weighted by Crippen LogP contribution is 2.29.